The summed E-state index contributed by atoms with van der Waals surface area (Å²) < 4.78 is 0. The second-order valence-electron chi connectivity index (χ2n) is 7.31. The molecule has 5 nitrogen and oxygen atoms in total. The average molecular weight is 383 g/mol. The van der Waals surface area contributed by atoms with Gasteiger partial charge in [-0.15, -0.1) is 0 Å². The Morgan fingerprint density at radius 2 is 1.93 bits per heavy atom. The number of nitrogens with two attached hydrogens (primary N) is 1. The third-order valence-corrected chi connectivity index (χ3v) is 5.64. The molecule has 1 amide bonds. The SMILES string of the molecule is NC(=O)c1ccc2c(c1)NC(=NCc1cccc(Cl)c1)C1(CCCCC1)N2. The molecular weight excluding hydrogens is 360 g/mol. The molecule has 2 aromatic rings. The summed E-state index contributed by atoms with van der Waals surface area (Å²) in [6.45, 7) is 0.553. The van der Waals surface area contributed by atoms with Gasteiger partial charge in [0.15, 0.2) is 0 Å². The number of hydrogen-bond acceptors (Lipinski definition) is 3. The number of nitrogens with zero attached hydrogens (tertiary/aromatic N) is 1. The predicted molar refractivity (Wildman–Crippen MR) is 111 cm³/mol. The number of carbonyl (C=O) groups is 1. The number of amidine groups is 1. The fourth-order valence-corrected chi connectivity index (χ4v) is 4.20. The van der Waals surface area contributed by atoms with E-state index in [-0.39, 0.29) is 5.54 Å². The molecule has 2 aliphatic rings. The van der Waals surface area contributed by atoms with Gasteiger partial charge in [-0.2, -0.15) is 0 Å². The monoisotopic (exact) mass is 382 g/mol. The molecule has 27 heavy (non-hydrogen) atoms. The van der Waals surface area contributed by atoms with Crippen LogP contribution >= 0.6 is 11.6 Å². The van der Waals surface area contributed by atoms with E-state index in [4.69, 9.17) is 22.3 Å². The maximum Gasteiger partial charge on any atom is 0.248 e. The number of nitrogens with one attached hydrogen (secondary N) is 2. The summed E-state index contributed by atoms with van der Waals surface area (Å²) in [7, 11) is 0. The van der Waals surface area contributed by atoms with E-state index < -0.39 is 5.91 Å². The first-order valence-electron chi connectivity index (χ1n) is 9.34. The second-order valence-corrected chi connectivity index (χ2v) is 7.75. The van der Waals surface area contributed by atoms with Crippen molar-refractivity contribution in [2.75, 3.05) is 10.6 Å². The van der Waals surface area contributed by atoms with E-state index in [1.807, 2.05) is 30.3 Å². The Balaban J connectivity index is 1.69. The fraction of sp³-hybridized carbons (Fsp3) is 0.333. The zero-order chi connectivity index (χ0) is 18.9. The standard InChI is InChI=1S/C21H23ClN4O/c22-16-6-4-5-14(11-16)13-24-20-21(9-2-1-3-10-21)26-17-8-7-15(19(23)27)12-18(17)25-20/h4-8,11-12,26H,1-3,9-10,13H2,(H2,23,27)(H,24,25). The van der Waals surface area contributed by atoms with Crippen molar-refractivity contribution in [2.24, 2.45) is 10.7 Å². The molecule has 1 heterocycles. The molecule has 1 aliphatic carbocycles. The van der Waals surface area contributed by atoms with Crippen LogP contribution in [0.3, 0.4) is 0 Å². The van der Waals surface area contributed by atoms with Crippen molar-refractivity contribution in [3.63, 3.8) is 0 Å². The van der Waals surface area contributed by atoms with Gasteiger partial charge in [0.25, 0.3) is 0 Å². The highest BCUT2D eigenvalue weighted by Crippen LogP contribution is 2.40. The lowest BCUT2D eigenvalue weighted by atomic mass is 9.79. The minimum Gasteiger partial charge on any atom is -0.371 e. The molecule has 0 aromatic heterocycles. The van der Waals surface area contributed by atoms with Crippen LogP contribution in [0, 0.1) is 0 Å². The van der Waals surface area contributed by atoms with Gasteiger partial charge in [0.2, 0.25) is 5.91 Å². The van der Waals surface area contributed by atoms with E-state index in [1.54, 1.807) is 12.1 Å². The van der Waals surface area contributed by atoms with Crippen molar-refractivity contribution >= 4 is 34.7 Å². The van der Waals surface area contributed by atoms with E-state index in [0.717, 1.165) is 35.6 Å². The van der Waals surface area contributed by atoms with E-state index in [9.17, 15) is 4.79 Å². The molecule has 4 rings (SSSR count). The van der Waals surface area contributed by atoms with Crippen molar-refractivity contribution in [2.45, 2.75) is 44.2 Å². The van der Waals surface area contributed by atoms with Gasteiger partial charge in [0.05, 0.1) is 23.5 Å². The Bertz CT molecular complexity index is 903. The van der Waals surface area contributed by atoms with Gasteiger partial charge in [-0.25, -0.2) is 0 Å². The number of rotatable bonds is 3. The molecule has 1 fully saturated rings. The lowest BCUT2D eigenvalue weighted by molar-refractivity contribution is 0.100. The van der Waals surface area contributed by atoms with Crippen LogP contribution in [0.15, 0.2) is 47.5 Å². The van der Waals surface area contributed by atoms with Crippen molar-refractivity contribution in [3.05, 3.63) is 58.6 Å². The number of halogens is 1. The Labute approximate surface area is 164 Å². The van der Waals surface area contributed by atoms with Crippen molar-refractivity contribution in [3.8, 4) is 0 Å². The molecule has 2 aromatic carbocycles. The number of benzene rings is 2. The van der Waals surface area contributed by atoms with Gasteiger partial charge in [0, 0.05) is 10.6 Å². The third kappa shape index (κ3) is 3.65. The lowest BCUT2D eigenvalue weighted by Gasteiger charge is -2.44. The summed E-state index contributed by atoms with van der Waals surface area (Å²) in [5.41, 5.74) is 8.64. The molecule has 6 heteroatoms. The van der Waals surface area contributed by atoms with Crippen molar-refractivity contribution < 1.29 is 4.79 Å². The van der Waals surface area contributed by atoms with Gasteiger partial charge < -0.3 is 16.4 Å². The first-order chi connectivity index (χ1) is 13.1. The van der Waals surface area contributed by atoms with E-state index in [0.29, 0.717) is 17.1 Å². The molecule has 1 spiro atoms. The molecule has 1 aliphatic heterocycles. The Hall–Kier alpha value is -2.53. The molecule has 0 radical (unpaired) electrons. The molecule has 4 N–H and O–H groups in total. The Kier molecular flexibility index (Phi) is 4.79. The van der Waals surface area contributed by atoms with Crippen LogP contribution < -0.4 is 16.4 Å². The van der Waals surface area contributed by atoms with Gasteiger partial charge in [-0.05, 0) is 48.7 Å². The number of fused-ring (bicyclic) bond motifs is 1. The quantitative estimate of drug-likeness (QED) is 0.727. The molecule has 0 atom stereocenters. The van der Waals surface area contributed by atoms with Crippen LogP contribution in [0.5, 0.6) is 0 Å². The zero-order valence-corrected chi connectivity index (χ0v) is 15.9. The van der Waals surface area contributed by atoms with Crippen LogP contribution in [-0.4, -0.2) is 17.3 Å². The van der Waals surface area contributed by atoms with Gasteiger partial charge in [0.1, 0.15) is 5.84 Å². The summed E-state index contributed by atoms with van der Waals surface area (Å²) >= 11 is 6.10. The third-order valence-electron chi connectivity index (χ3n) is 5.40. The summed E-state index contributed by atoms with van der Waals surface area (Å²) in [4.78, 5) is 16.5. The maximum absolute atomic E-state index is 11.5. The largest absolute Gasteiger partial charge is 0.371 e. The van der Waals surface area contributed by atoms with E-state index in [1.165, 1.54) is 19.3 Å². The van der Waals surface area contributed by atoms with Crippen LogP contribution in [0.2, 0.25) is 5.02 Å². The lowest BCUT2D eigenvalue weighted by Crippen LogP contribution is -2.53. The smallest absolute Gasteiger partial charge is 0.248 e. The van der Waals surface area contributed by atoms with E-state index >= 15 is 0 Å². The molecule has 0 unspecified atom stereocenters. The topological polar surface area (TPSA) is 79.5 Å². The van der Waals surface area contributed by atoms with Crippen molar-refractivity contribution in [1.29, 1.82) is 0 Å². The minimum atomic E-state index is -0.435. The van der Waals surface area contributed by atoms with Gasteiger partial charge in [-0.1, -0.05) is 43.0 Å². The predicted octanol–water partition coefficient (Wildman–Crippen LogP) is 4.58. The summed E-state index contributed by atoms with van der Waals surface area (Å²) in [5.74, 6) is 0.492. The molecular formula is C21H23ClN4O. The van der Waals surface area contributed by atoms with Crippen molar-refractivity contribution in [1.82, 2.24) is 0 Å². The first kappa shape index (κ1) is 17.9. The van der Waals surface area contributed by atoms with Gasteiger partial charge in [-0.3, -0.25) is 9.79 Å². The van der Waals surface area contributed by atoms with E-state index in [2.05, 4.69) is 10.6 Å². The van der Waals surface area contributed by atoms with Crippen LogP contribution in [0.1, 0.15) is 48.0 Å². The number of amides is 1. The first-order valence-corrected chi connectivity index (χ1v) is 9.72. The highest BCUT2D eigenvalue weighted by Gasteiger charge is 2.40. The number of carbonyl (C=O) groups excluding carboxylic acids is 1. The van der Waals surface area contributed by atoms with Crippen LogP contribution in [0.4, 0.5) is 11.4 Å². The summed E-state index contributed by atoms with van der Waals surface area (Å²) in [6, 6.07) is 13.2. The average Bonchev–Trinajstić information content (AvgIpc) is 2.66. The highest BCUT2D eigenvalue weighted by molar-refractivity contribution is 6.30. The highest BCUT2D eigenvalue weighted by atomic mass is 35.5. The maximum atomic E-state index is 11.5. The minimum absolute atomic E-state index is 0.182. The zero-order valence-electron chi connectivity index (χ0n) is 15.1. The Morgan fingerprint density at radius 1 is 1.11 bits per heavy atom. The van der Waals surface area contributed by atoms with Crippen LogP contribution in [-0.2, 0) is 6.54 Å². The molecule has 1 saturated carbocycles. The Morgan fingerprint density at radius 3 is 2.67 bits per heavy atom. The number of aliphatic imine (C=N–C) groups is 1. The summed E-state index contributed by atoms with van der Waals surface area (Å²) in [5, 5.41) is 7.90. The van der Waals surface area contributed by atoms with Gasteiger partial charge >= 0.3 is 0 Å². The van der Waals surface area contributed by atoms with Crippen LogP contribution in [0.25, 0.3) is 0 Å². The normalized spacial score (nSPS) is 19.2. The molecule has 140 valence electrons. The number of primary amides is 1. The second kappa shape index (κ2) is 7.24. The molecule has 0 saturated heterocycles. The molecule has 0 bridgehead atoms. The fourth-order valence-electron chi connectivity index (χ4n) is 3.99. The number of anilines is 2. The number of hydrogen-bond donors (Lipinski definition) is 3. The summed E-state index contributed by atoms with van der Waals surface area (Å²) in [6.07, 6.45) is 5.65.